The number of aryl methyl sites for hydroxylation is 1. The molecule has 21 heavy (non-hydrogen) atoms. The molecule has 1 heterocycles. The normalized spacial score (nSPS) is 19.2. The number of hydrogen-bond acceptors (Lipinski definition) is 3. The Bertz CT molecular complexity index is 585. The van der Waals surface area contributed by atoms with E-state index in [-0.39, 0.29) is 5.41 Å². The summed E-state index contributed by atoms with van der Waals surface area (Å²) in [4.78, 5) is 11.3. The lowest BCUT2D eigenvalue weighted by atomic mass is 9.84. The molecule has 4 heteroatoms. The van der Waals surface area contributed by atoms with Crippen LogP contribution in [0.1, 0.15) is 37.8 Å². The van der Waals surface area contributed by atoms with Crippen molar-refractivity contribution in [2.24, 2.45) is 10.8 Å². The van der Waals surface area contributed by atoms with E-state index in [0.29, 0.717) is 13.0 Å². The zero-order valence-corrected chi connectivity index (χ0v) is 12.9. The number of hydrogen-bond donors (Lipinski definition) is 1. The molecule has 1 aromatic rings. The van der Waals surface area contributed by atoms with Crippen molar-refractivity contribution in [2.75, 3.05) is 13.2 Å². The van der Waals surface area contributed by atoms with E-state index in [1.54, 1.807) is 13.8 Å². The minimum Gasteiger partial charge on any atom is -0.489 e. The predicted molar refractivity (Wildman–Crippen MR) is 79.0 cm³/mol. The van der Waals surface area contributed by atoms with Gasteiger partial charge in [-0.25, -0.2) is 0 Å². The Morgan fingerprint density at radius 2 is 1.81 bits per heavy atom. The van der Waals surface area contributed by atoms with E-state index >= 15 is 0 Å². The molecule has 0 unspecified atom stereocenters. The number of carboxylic acid groups (broad SMARTS) is 1. The van der Waals surface area contributed by atoms with Crippen molar-refractivity contribution in [2.45, 2.75) is 40.0 Å². The third-order valence-corrected chi connectivity index (χ3v) is 4.64. The average molecular weight is 290 g/mol. The van der Waals surface area contributed by atoms with E-state index in [4.69, 9.17) is 9.47 Å². The molecule has 3 rings (SSSR count). The van der Waals surface area contributed by atoms with Crippen LogP contribution in [0.25, 0.3) is 0 Å². The van der Waals surface area contributed by atoms with E-state index in [0.717, 1.165) is 29.2 Å². The smallest absolute Gasteiger partial charge is 0.309 e. The first kappa shape index (κ1) is 14.2. The second kappa shape index (κ2) is 4.65. The van der Waals surface area contributed by atoms with Crippen LogP contribution in [0.15, 0.2) is 12.1 Å². The third kappa shape index (κ3) is 2.71. The Balaban J connectivity index is 1.87. The molecule has 1 N–H and O–H groups in total. The van der Waals surface area contributed by atoms with Gasteiger partial charge in [-0.2, -0.15) is 0 Å². The maximum atomic E-state index is 11.3. The first-order valence-corrected chi connectivity index (χ1v) is 7.44. The summed E-state index contributed by atoms with van der Waals surface area (Å²) in [7, 11) is 0. The van der Waals surface area contributed by atoms with Crippen LogP contribution < -0.4 is 9.47 Å². The topological polar surface area (TPSA) is 55.8 Å². The van der Waals surface area contributed by atoms with Gasteiger partial charge >= 0.3 is 5.97 Å². The zero-order valence-electron chi connectivity index (χ0n) is 12.9. The highest BCUT2D eigenvalue weighted by Gasteiger charge is 2.46. The fourth-order valence-corrected chi connectivity index (χ4v) is 2.64. The molecule has 0 saturated heterocycles. The van der Waals surface area contributed by atoms with Gasteiger partial charge in [0.15, 0.2) is 11.5 Å². The van der Waals surface area contributed by atoms with Crippen LogP contribution in [-0.2, 0) is 11.2 Å². The van der Waals surface area contributed by atoms with Crippen LogP contribution in [0.5, 0.6) is 11.5 Å². The quantitative estimate of drug-likeness (QED) is 0.928. The lowest BCUT2D eigenvalue weighted by Crippen LogP contribution is -2.26. The van der Waals surface area contributed by atoms with Gasteiger partial charge < -0.3 is 14.6 Å². The van der Waals surface area contributed by atoms with Gasteiger partial charge in [0.2, 0.25) is 0 Å². The number of carboxylic acids is 1. The van der Waals surface area contributed by atoms with E-state index in [1.807, 2.05) is 19.1 Å². The number of ether oxygens (including phenoxy) is 2. The summed E-state index contributed by atoms with van der Waals surface area (Å²) in [5, 5.41) is 9.30. The van der Waals surface area contributed by atoms with Crippen molar-refractivity contribution in [1.82, 2.24) is 0 Å². The predicted octanol–water partition coefficient (Wildman–Crippen LogP) is 3.20. The second-order valence-electron chi connectivity index (χ2n) is 7.17. The van der Waals surface area contributed by atoms with Gasteiger partial charge in [0.25, 0.3) is 0 Å². The Kier molecular flexibility index (Phi) is 3.15. The van der Waals surface area contributed by atoms with Gasteiger partial charge in [-0.1, -0.05) is 0 Å². The van der Waals surface area contributed by atoms with E-state index in [9.17, 15) is 9.90 Å². The van der Waals surface area contributed by atoms with Crippen molar-refractivity contribution < 1.29 is 19.4 Å². The SMILES string of the molecule is Cc1cc2c(cc1CC(C)(C)C(=O)O)OCC1(CC1)CO2. The monoisotopic (exact) mass is 290 g/mol. The number of aliphatic carboxylic acids is 1. The molecule has 1 fully saturated rings. The first-order chi connectivity index (χ1) is 9.81. The van der Waals surface area contributed by atoms with Crippen LogP contribution >= 0.6 is 0 Å². The maximum absolute atomic E-state index is 11.3. The molecule has 0 radical (unpaired) electrons. The summed E-state index contributed by atoms with van der Waals surface area (Å²) in [6.45, 7) is 6.91. The lowest BCUT2D eigenvalue weighted by Gasteiger charge is -2.21. The van der Waals surface area contributed by atoms with Crippen LogP contribution in [0, 0.1) is 17.8 Å². The van der Waals surface area contributed by atoms with Crippen LogP contribution in [-0.4, -0.2) is 24.3 Å². The van der Waals surface area contributed by atoms with E-state index < -0.39 is 11.4 Å². The molecule has 1 spiro atoms. The van der Waals surface area contributed by atoms with Crippen molar-refractivity contribution in [3.63, 3.8) is 0 Å². The second-order valence-corrected chi connectivity index (χ2v) is 7.17. The highest BCUT2D eigenvalue weighted by atomic mass is 16.5. The molecule has 0 atom stereocenters. The van der Waals surface area contributed by atoms with Gasteiger partial charge in [-0.3, -0.25) is 4.79 Å². The number of fused-ring (bicyclic) bond motifs is 1. The third-order valence-electron chi connectivity index (χ3n) is 4.64. The molecule has 1 saturated carbocycles. The summed E-state index contributed by atoms with van der Waals surface area (Å²) < 4.78 is 11.8. The highest BCUT2D eigenvalue weighted by molar-refractivity contribution is 5.74. The Morgan fingerprint density at radius 1 is 1.24 bits per heavy atom. The molecule has 0 bridgehead atoms. The summed E-state index contributed by atoms with van der Waals surface area (Å²) in [5.41, 5.74) is 1.49. The van der Waals surface area contributed by atoms with Gasteiger partial charge in [-0.15, -0.1) is 0 Å². The standard InChI is InChI=1S/C17H22O4/c1-11-6-13-14(21-10-17(4-5-17)9-20-13)7-12(11)8-16(2,3)15(18)19/h6-7H,4-5,8-10H2,1-3H3,(H,18,19). The molecule has 114 valence electrons. The van der Waals surface area contributed by atoms with Crippen molar-refractivity contribution >= 4 is 5.97 Å². The zero-order chi connectivity index (χ0) is 15.3. The van der Waals surface area contributed by atoms with Crippen LogP contribution in [0.2, 0.25) is 0 Å². The van der Waals surface area contributed by atoms with Gasteiger partial charge in [0, 0.05) is 5.41 Å². The molecular weight excluding hydrogens is 268 g/mol. The minimum absolute atomic E-state index is 0.216. The minimum atomic E-state index is -0.789. The van der Waals surface area contributed by atoms with E-state index in [1.165, 1.54) is 12.8 Å². The Labute approximate surface area is 125 Å². The summed E-state index contributed by atoms with van der Waals surface area (Å²) in [6.07, 6.45) is 2.81. The number of carbonyl (C=O) groups is 1. The summed E-state index contributed by atoms with van der Waals surface area (Å²) in [6, 6.07) is 3.93. The highest BCUT2D eigenvalue weighted by Crippen LogP contribution is 2.49. The average Bonchev–Trinajstić information content (AvgIpc) is 3.19. The fourth-order valence-electron chi connectivity index (χ4n) is 2.64. The molecule has 0 aromatic heterocycles. The Hall–Kier alpha value is -1.71. The molecule has 0 amide bonds. The van der Waals surface area contributed by atoms with Gasteiger partial charge in [0.05, 0.1) is 18.6 Å². The van der Waals surface area contributed by atoms with Crippen LogP contribution in [0.4, 0.5) is 0 Å². The van der Waals surface area contributed by atoms with Crippen LogP contribution in [0.3, 0.4) is 0 Å². The molecular formula is C17H22O4. The van der Waals surface area contributed by atoms with Gasteiger partial charge in [0.1, 0.15) is 0 Å². The molecule has 1 aliphatic heterocycles. The Morgan fingerprint density at radius 3 is 2.33 bits per heavy atom. The van der Waals surface area contributed by atoms with Gasteiger partial charge in [-0.05, 0) is 63.3 Å². The number of rotatable bonds is 3. The van der Waals surface area contributed by atoms with Crippen molar-refractivity contribution in [3.8, 4) is 11.5 Å². The summed E-state index contributed by atoms with van der Waals surface area (Å²) >= 11 is 0. The molecule has 4 nitrogen and oxygen atoms in total. The largest absolute Gasteiger partial charge is 0.489 e. The fraction of sp³-hybridized carbons (Fsp3) is 0.588. The summed E-state index contributed by atoms with van der Waals surface area (Å²) in [5.74, 6) is 0.750. The van der Waals surface area contributed by atoms with E-state index in [2.05, 4.69) is 0 Å². The first-order valence-electron chi connectivity index (χ1n) is 7.44. The molecule has 2 aliphatic rings. The lowest BCUT2D eigenvalue weighted by molar-refractivity contribution is -0.146. The van der Waals surface area contributed by atoms with Crippen molar-refractivity contribution in [3.05, 3.63) is 23.3 Å². The molecule has 1 aliphatic carbocycles. The maximum Gasteiger partial charge on any atom is 0.309 e. The number of benzene rings is 1. The molecule has 1 aromatic carbocycles. The van der Waals surface area contributed by atoms with Crippen molar-refractivity contribution in [1.29, 1.82) is 0 Å².